The van der Waals surface area contributed by atoms with Crippen molar-refractivity contribution in [2.24, 2.45) is 5.73 Å². The first-order valence-electron chi connectivity index (χ1n) is 7.05. The van der Waals surface area contributed by atoms with Crippen molar-refractivity contribution in [3.63, 3.8) is 0 Å². The lowest BCUT2D eigenvalue weighted by Crippen LogP contribution is -2.44. The molecule has 0 saturated heterocycles. The molecule has 0 aliphatic heterocycles. The third-order valence-electron chi connectivity index (χ3n) is 4.05. The summed E-state index contributed by atoms with van der Waals surface area (Å²) >= 11 is 0. The standard InChI is InChI=1S/C15H19N3O4/c1-19-10-8-12(21-3)11(20-2)7-9(10)13-17-14(18-22-13)15(16)5-4-6-15/h7-8H,4-6,16H2,1-3H3. The second-order valence-corrected chi connectivity index (χ2v) is 5.34. The largest absolute Gasteiger partial charge is 0.496 e. The summed E-state index contributed by atoms with van der Waals surface area (Å²) in [4.78, 5) is 4.43. The third kappa shape index (κ3) is 2.27. The fourth-order valence-electron chi connectivity index (χ4n) is 2.51. The van der Waals surface area contributed by atoms with Gasteiger partial charge in [-0.05, 0) is 19.3 Å². The minimum atomic E-state index is -0.467. The highest BCUT2D eigenvalue weighted by Gasteiger charge is 2.39. The molecule has 0 bridgehead atoms. The van der Waals surface area contributed by atoms with Gasteiger partial charge in [-0.2, -0.15) is 4.98 Å². The van der Waals surface area contributed by atoms with E-state index in [1.807, 2.05) is 0 Å². The van der Waals surface area contributed by atoms with Crippen molar-refractivity contribution < 1.29 is 18.7 Å². The maximum atomic E-state index is 6.23. The summed E-state index contributed by atoms with van der Waals surface area (Å²) in [6, 6.07) is 3.47. The van der Waals surface area contributed by atoms with Crippen LogP contribution in [0.3, 0.4) is 0 Å². The third-order valence-corrected chi connectivity index (χ3v) is 4.05. The van der Waals surface area contributed by atoms with Gasteiger partial charge in [0.25, 0.3) is 5.89 Å². The average molecular weight is 305 g/mol. The van der Waals surface area contributed by atoms with Crippen LogP contribution in [0.1, 0.15) is 25.1 Å². The first-order valence-corrected chi connectivity index (χ1v) is 7.05. The van der Waals surface area contributed by atoms with Crippen molar-refractivity contribution in [1.29, 1.82) is 0 Å². The number of rotatable bonds is 5. The van der Waals surface area contributed by atoms with E-state index in [9.17, 15) is 0 Å². The van der Waals surface area contributed by atoms with E-state index in [4.69, 9.17) is 24.5 Å². The Morgan fingerprint density at radius 1 is 1.05 bits per heavy atom. The molecule has 1 heterocycles. The molecule has 22 heavy (non-hydrogen) atoms. The van der Waals surface area contributed by atoms with Gasteiger partial charge in [0.1, 0.15) is 5.75 Å². The number of benzene rings is 1. The van der Waals surface area contributed by atoms with Gasteiger partial charge in [-0.3, -0.25) is 0 Å². The van der Waals surface area contributed by atoms with Crippen LogP contribution < -0.4 is 19.9 Å². The van der Waals surface area contributed by atoms with E-state index in [-0.39, 0.29) is 0 Å². The SMILES string of the molecule is COc1cc(OC)c(-c2nc(C3(N)CCC3)no2)cc1OC. The number of nitrogens with two attached hydrogens (primary N) is 1. The molecule has 1 aromatic heterocycles. The number of ether oxygens (including phenoxy) is 3. The molecule has 1 fully saturated rings. The van der Waals surface area contributed by atoms with Crippen LogP contribution in [0.25, 0.3) is 11.5 Å². The molecule has 7 nitrogen and oxygen atoms in total. The van der Waals surface area contributed by atoms with E-state index in [1.54, 1.807) is 33.5 Å². The van der Waals surface area contributed by atoms with E-state index in [1.165, 1.54) is 0 Å². The normalized spacial score (nSPS) is 16.0. The molecular weight excluding hydrogens is 286 g/mol. The van der Waals surface area contributed by atoms with Gasteiger partial charge in [0.2, 0.25) is 0 Å². The Hall–Kier alpha value is -2.28. The van der Waals surface area contributed by atoms with E-state index in [0.717, 1.165) is 19.3 Å². The molecule has 3 rings (SSSR count). The van der Waals surface area contributed by atoms with E-state index in [2.05, 4.69) is 10.1 Å². The zero-order valence-corrected chi connectivity index (χ0v) is 12.9. The van der Waals surface area contributed by atoms with Gasteiger partial charge in [-0.25, -0.2) is 0 Å². The second kappa shape index (κ2) is 5.49. The number of hydrogen-bond donors (Lipinski definition) is 1. The second-order valence-electron chi connectivity index (χ2n) is 5.34. The van der Waals surface area contributed by atoms with Crippen LogP contribution >= 0.6 is 0 Å². The predicted octanol–water partition coefficient (Wildman–Crippen LogP) is 2.10. The van der Waals surface area contributed by atoms with E-state index < -0.39 is 5.54 Å². The molecule has 1 aromatic carbocycles. The lowest BCUT2D eigenvalue weighted by atomic mass is 9.77. The Labute approximate surface area is 128 Å². The maximum Gasteiger partial charge on any atom is 0.261 e. The van der Waals surface area contributed by atoms with Crippen molar-refractivity contribution in [1.82, 2.24) is 10.1 Å². The van der Waals surface area contributed by atoms with Crippen molar-refractivity contribution in [2.45, 2.75) is 24.8 Å². The zero-order valence-electron chi connectivity index (χ0n) is 12.9. The van der Waals surface area contributed by atoms with Crippen molar-refractivity contribution in [3.8, 4) is 28.7 Å². The monoisotopic (exact) mass is 305 g/mol. The van der Waals surface area contributed by atoms with Gasteiger partial charge >= 0.3 is 0 Å². The van der Waals surface area contributed by atoms with Crippen LogP contribution in [-0.4, -0.2) is 31.5 Å². The quantitative estimate of drug-likeness (QED) is 0.904. The van der Waals surface area contributed by atoms with Crippen LogP contribution in [0, 0.1) is 0 Å². The molecule has 0 atom stereocenters. The van der Waals surface area contributed by atoms with Crippen LogP contribution in [0.4, 0.5) is 0 Å². The van der Waals surface area contributed by atoms with Crippen LogP contribution in [0.5, 0.6) is 17.2 Å². The Bertz CT molecular complexity index is 679. The van der Waals surface area contributed by atoms with Crippen molar-refractivity contribution in [2.75, 3.05) is 21.3 Å². The molecule has 0 radical (unpaired) electrons. The van der Waals surface area contributed by atoms with Crippen molar-refractivity contribution in [3.05, 3.63) is 18.0 Å². The lowest BCUT2D eigenvalue weighted by molar-refractivity contribution is 0.229. The summed E-state index contributed by atoms with van der Waals surface area (Å²) in [5, 5.41) is 4.02. The molecular formula is C15H19N3O4. The van der Waals surface area contributed by atoms with Gasteiger partial charge in [0.15, 0.2) is 17.3 Å². The van der Waals surface area contributed by atoms with Gasteiger partial charge in [-0.15, -0.1) is 0 Å². The summed E-state index contributed by atoms with van der Waals surface area (Å²) in [6.07, 6.45) is 2.82. The highest BCUT2D eigenvalue weighted by Crippen LogP contribution is 2.41. The minimum absolute atomic E-state index is 0.351. The Kier molecular flexibility index (Phi) is 3.66. The van der Waals surface area contributed by atoms with E-state index >= 15 is 0 Å². The minimum Gasteiger partial charge on any atom is -0.496 e. The van der Waals surface area contributed by atoms with Gasteiger partial charge < -0.3 is 24.5 Å². The lowest BCUT2D eigenvalue weighted by Gasteiger charge is -2.34. The smallest absolute Gasteiger partial charge is 0.261 e. The number of aromatic nitrogens is 2. The Balaban J connectivity index is 2.03. The van der Waals surface area contributed by atoms with Gasteiger partial charge in [0, 0.05) is 12.1 Å². The van der Waals surface area contributed by atoms with Crippen LogP contribution in [0.2, 0.25) is 0 Å². The zero-order chi connectivity index (χ0) is 15.7. The summed E-state index contributed by atoms with van der Waals surface area (Å²) in [7, 11) is 4.70. The summed E-state index contributed by atoms with van der Waals surface area (Å²) < 4.78 is 21.3. The highest BCUT2D eigenvalue weighted by atomic mass is 16.5. The first kappa shape index (κ1) is 14.6. The highest BCUT2D eigenvalue weighted by molar-refractivity contribution is 5.68. The first-order chi connectivity index (χ1) is 10.6. The molecule has 0 unspecified atom stereocenters. The number of hydrogen-bond acceptors (Lipinski definition) is 7. The van der Waals surface area contributed by atoms with Crippen LogP contribution in [0.15, 0.2) is 16.7 Å². The molecule has 1 aliphatic rings. The number of methoxy groups -OCH3 is 3. The molecule has 1 aliphatic carbocycles. The predicted molar refractivity (Wildman–Crippen MR) is 79.1 cm³/mol. The molecule has 2 aromatic rings. The Morgan fingerprint density at radius 2 is 1.68 bits per heavy atom. The molecule has 0 amide bonds. The summed E-state index contributed by atoms with van der Waals surface area (Å²) in [5.41, 5.74) is 6.40. The Morgan fingerprint density at radius 3 is 2.23 bits per heavy atom. The molecule has 1 saturated carbocycles. The van der Waals surface area contributed by atoms with Crippen LogP contribution in [-0.2, 0) is 5.54 Å². The fraction of sp³-hybridized carbons (Fsp3) is 0.467. The fourth-order valence-corrected chi connectivity index (χ4v) is 2.51. The molecule has 118 valence electrons. The van der Waals surface area contributed by atoms with Gasteiger partial charge in [0.05, 0.1) is 32.4 Å². The molecule has 7 heteroatoms. The van der Waals surface area contributed by atoms with E-state index in [0.29, 0.717) is 34.5 Å². The average Bonchev–Trinajstić information content (AvgIpc) is 3.01. The molecule has 2 N–H and O–H groups in total. The maximum absolute atomic E-state index is 6.23. The summed E-state index contributed by atoms with van der Waals surface area (Å²) in [6.45, 7) is 0. The summed E-state index contributed by atoms with van der Waals surface area (Å²) in [5.74, 6) is 2.57. The topological polar surface area (TPSA) is 92.6 Å². The number of nitrogens with zero attached hydrogens (tertiary/aromatic N) is 2. The van der Waals surface area contributed by atoms with Gasteiger partial charge in [-0.1, -0.05) is 5.16 Å². The van der Waals surface area contributed by atoms with Crippen molar-refractivity contribution >= 4 is 0 Å². The molecule has 0 spiro atoms.